The Kier molecular flexibility index (Phi) is 4.57. The molecule has 1 aliphatic heterocycles. The van der Waals surface area contributed by atoms with Crippen LogP contribution < -0.4 is 5.56 Å². The van der Waals surface area contributed by atoms with Gasteiger partial charge >= 0.3 is 0 Å². The van der Waals surface area contributed by atoms with Crippen molar-refractivity contribution in [2.75, 3.05) is 13.1 Å². The van der Waals surface area contributed by atoms with Gasteiger partial charge in [-0.3, -0.25) is 9.59 Å². The average Bonchev–Trinajstić information content (AvgIpc) is 2.58. The summed E-state index contributed by atoms with van der Waals surface area (Å²) in [7, 11) is 0. The lowest BCUT2D eigenvalue weighted by atomic mass is 9.96. The molecular weight excluding hydrogens is 314 g/mol. The summed E-state index contributed by atoms with van der Waals surface area (Å²) in [5, 5.41) is 6.32. The quantitative estimate of drug-likeness (QED) is 0.916. The van der Waals surface area contributed by atoms with Gasteiger partial charge in [-0.2, -0.15) is 5.10 Å². The number of aromatic nitrogens is 2. The van der Waals surface area contributed by atoms with Crippen molar-refractivity contribution in [2.45, 2.75) is 34.1 Å². The number of nitrogens with zero attached hydrogens (tertiary/aromatic N) is 2. The zero-order valence-corrected chi connectivity index (χ0v) is 15.1. The minimum absolute atomic E-state index is 0.204. The fourth-order valence-electron chi connectivity index (χ4n) is 3.32. The molecule has 1 N–H and O–H groups in total. The predicted octanol–water partition coefficient (Wildman–Crippen LogP) is 2.93. The lowest BCUT2D eigenvalue weighted by Gasteiger charge is -2.27. The molecule has 0 saturated heterocycles. The van der Waals surface area contributed by atoms with Gasteiger partial charge in [0.1, 0.15) is 5.56 Å². The maximum absolute atomic E-state index is 12.8. The van der Waals surface area contributed by atoms with E-state index >= 15 is 0 Å². The highest BCUT2D eigenvalue weighted by Gasteiger charge is 2.24. The molecule has 1 aliphatic rings. The second-order valence-corrected chi connectivity index (χ2v) is 6.75. The Morgan fingerprint density at radius 1 is 1.12 bits per heavy atom. The van der Waals surface area contributed by atoms with Crippen molar-refractivity contribution < 1.29 is 4.79 Å². The Balaban J connectivity index is 1.84. The third-order valence-electron chi connectivity index (χ3n) is 4.77. The van der Waals surface area contributed by atoms with Gasteiger partial charge in [0.25, 0.3) is 11.5 Å². The third-order valence-corrected chi connectivity index (χ3v) is 4.77. The Morgan fingerprint density at radius 2 is 1.80 bits per heavy atom. The summed E-state index contributed by atoms with van der Waals surface area (Å²) in [5.74, 6) is -0.222. The van der Waals surface area contributed by atoms with Crippen LogP contribution in [0, 0.1) is 27.7 Å². The summed E-state index contributed by atoms with van der Waals surface area (Å²) in [5.41, 5.74) is 6.07. The van der Waals surface area contributed by atoms with Crippen molar-refractivity contribution in [1.29, 1.82) is 0 Å². The Hall–Kier alpha value is -2.69. The second-order valence-electron chi connectivity index (χ2n) is 6.75. The molecule has 0 bridgehead atoms. The van der Waals surface area contributed by atoms with Crippen LogP contribution in [0.1, 0.15) is 44.7 Å². The summed E-state index contributed by atoms with van der Waals surface area (Å²) in [6, 6.07) is 6.51. The smallest absolute Gasteiger partial charge is 0.277 e. The van der Waals surface area contributed by atoms with Crippen molar-refractivity contribution >= 4 is 11.5 Å². The molecule has 0 aliphatic carbocycles. The van der Waals surface area contributed by atoms with Gasteiger partial charge in [0.05, 0.1) is 5.69 Å². The van der Waals surface area contributed by atoms with E-state index in [0.717, 1.165) is 6.42 Å². The molecular formula is C20H23N3O2. The van der Waals surface area contributed by atoms with Crippen molar-refractivity contribution in [1.82, 2.24) is 15.1 Å². The minimum atomic E-state index is -0.419. The molecule has 0 spiro atoms. The van der Waals surface area contributed by atoms with E-state index in [4.69, 9.17) is 0 Å². The van der Waals surface area contributed by atoms with Crippen LogP contribution in [0.4, 0.5) is 0 Å². The normalized spacial score (nSPS) is 14.4. The Bertz CT molecular complexity index is 905. The van der Waals surface area contributed by atoms with E-state index in [2.05, 4.69) is 48.3 Å². The molecule has 2 heterocycles. The molecule has 1 amide bonds. The number of amides is 1. The standard InChI is InChI=1S/C20H23N3O2/c1-12-9-13(2)11-17(10-12)16-5-7-23(8-6-16)20(25)18-14(3)15(4)21-22-19(18)24/h5,9-11H,6-8H2,1-4H3,(H,22,24). The van der Waals surface area contributed by atoms with Crippen molar-refractivity contribution in [2.24, 2.45) is 0 Å². The van der Waals surface area contributed by atoms with Gasteiger partial charge in [-0.15, -0.1) is 0 Å². The SMILES string of the molecule is Cc1cc(C)cc(C2=CCN(C(=O)c3c(C)c(C)n[nH]c3=O)CC2)c1. The molecule has 1 aromatic heterocycles. The van der Waals surface area contributed by atoms with Crippen LogP contribution in [0.2, 0.25) is 0 Å². The molecule has 5 heteroatoms. The van der Waals surface area contributed by atoms with Crippen LogP contribution in [-0.4, -0.2) is 34.1 Å². The summed E-state index contributed by atoms with van der Waals surface area (Å²) >= 11 is 0. The molecule has 5 nitrogen and oxygen atoms in total. The largest absolute Gasteiger partial charge is 0.334 e. The number of carbonyl (C=O) groups excluding carboxylic acids is 1. The molecule has 3 rings (SSSR count). The van der Waals surface area contributed by atoms with Gasteiger partial charge in [0, 0.05) is 13.1 Å². The monoisotopic (exact) mass is 337 g/mol. The number of H-pyrrole nitrogens is 1. The van der Waals surface area contributed by atoms with E-state index in [-0.39, 0.29) is 11.5 Å². The first kappa shape index (κ1) is 17.1. The minimum Gasteiger partial charge on any atom is -0.334 e. The van der Waals surface area contributed by atoms with Crippen LogP contribution in [0.25, 0.3) is 5.57 Å². The highest BCUT2D eigenvalue weighted by molar-refractivity contribution is 5.96. The highest BCUT2D eigenvalue weighted by atomic mass is 16.2. The number of aromatic amines is 1. The number of aryl methyl sites for hydroxylation is 3. The number of rotatable bonds is 2. The Labute approximate surface area is 147 Å². The number of hydrogen-bond donors (Lipinski definition) is 1. The summed E-state index contributed by atoms with van der Waals surface area (Å²) in [6.45, 7) is 8.87. The van der Waals surface area contributed by atoms with E-state index in [0.29, 0.717) is 24.3 Å². The number of hydrogen-bond acceptors (Lipinski definition) is 3. The van der Waals surface area contributed by atoms with Crippen LogP contribution in [-0.2, 0) is 0 Å². The van der Waals surface area contributed by atoms with Crippen LogP contribution >= 0.6 is 0 Å². The topological polar surface area (TPSA) is 66.1 Å². The maximum Gasteiger partial charge on any atom is 0.277 e. The third kappa shape index (κ3) is 3.40. The lowest BCUT2D eigenvalue weighted by molar-refractivity contribution is 0.0770. The Morgan fingerprint density at radius 3 is 2.40 bits per heavy atom. The van der Waals surface area contributed by atoms with Crippen molar-refractivity contribution in [3.05, 3.63) is 68.1 Å². The van der Waals surface area contributed by atoms with Crippen molar-refractivity contribution in [3.63, 3.8) is 0 Å². The maximum atomic E-state index is 12.8. The van der Waals surface area contributed by atoms with Crippen LogP contribution in [0.5, 0.6) is 0 Å². The molecule has 2 aromatic rings. The number of benzene rings is 1. The molecule has 0 atom stereocenters. The molecule has 0 fully saturated rings. The highest BCUT2D eigenvalue weighted by Crippen LogP contribution is 2.25. The fraction of sp³-hybridized carbons (Fsp3) is 0.350. The molecule has 0 unspecified atom stereocenters. The predicted molar refractivity (Wildman–Crippen MR) is 98.7 cm³/mol. The van der Waals surface area contributed by atoms with Gasteiger partial charge in [-0.05, 0) is 50.8 Å². The van der Waals surface area contributed by atoms with E-state index in [1.807, 2.05) is 0 Å². The summed E-state index contributed by atoms with van der Waals surface area (Å²) in [6.07, 6.45) is 2.88. The molecule has 0 radical (unpaired) electrons. The second kappa shape index (κ2) is 6.67. The zero-order chi connectivity index (χ0) is 18.1. The molecule has 130 valence electrons. The van der Waals surface area contributed by atoms with Gasteiger partial charge in [-0.25, -0.2) is 5.10 Å². The summed E-state index contributed by atoms with van der Waals surface area (Å²) < 4.78 is 0. The van der Waals surface area contributed by atoms with Crippen LogP contribution in [0.15, 0.2) is 29.1 Å². The van der Waals surface area contributed by atoms with Gasteiger partial charge in [0.15, 0.2) is 0 Å². The summed E-state index contributed by atoms with van der Waals surface area (Å²) in [4.78, 5) is 26.6. The number of nitrogens with one attached hydrogen (secondary N) is 1. The van der Waals surface area contributed by atoms with Gasteiger partial charge < -0.3 is 4.90 Å². The molecule has 25 heavy (non-hydrogen) atoms. The first-order valence-corrected chi connectivity index (χ1v) is 8.49. The first-order valence-electron chi connectivity index (χ1n) is 8.49. The fourth-order valence-corrected chi connectivity index (χ4v) is 3.32. The molecule has 1 aromatic carbocycles. The van der Waals surface area contributed by atoms with Crippen LogP contribution in [0.3, 0.4) is 0 Å². The average molecular weight is 337 g/mol. The lowest BCUT2D eigenvalue weighted by Crippen LogP contribution is -2.38. The van der Waals surface area contributed by atoms with E-state index < -0.39 is 5.56 Å². The van der Waals surface area contributed by atoms with Gasteiger partial charge in [-0.1, -0.05) is 35.4 Å². The van der Waals surface area contributed by atoms with Crippen molar-refractivity contribution in [3.8, 4) is 0 Å². The van der Waals surface area contributed by atoms with Gasteiger partial charge in [0.2, 0.25) is 0 Å². The number of carbonyl (C=O) groups is 1. The molecule has 0 saturated carbocycles. The van der Waals surface area contributed by atoms with E-state index in [1.165, 1.54) is 22.3 Å². The van der Waals surface area contributed by atoms with E-state index in [9.17, 15) is 9.59 Å². The zero-order valence-electron chi connectivity index (χ0n) is 15.1. The first-order chi connectivity index (χ1) is 11.9. The van der Waals surface area contributed by atoms with E-state index in [1.54, 1.807) is 18.7 Å².